The maximum absolute atomic E-state index is 14.9. The summed E-state index contributed by atoms with van der Waals surface area (Å²) in [6.07, 6.45) is 2.96. The molecule has 11 heteroatoms. The lowest BCUT2D eigenvalue weighted by atomic mass is 10.1. The Bertz CT molecular complexity index is 5740. The van der Waals surface area contributed by atoms with Crippen LogP contribution in [-0.2, 0) is 9.84 Å². The number of pyridine rings is 2. The van der Waals surface area contributed by atoms with E-state index in [2.05, 4.69) is 294 Å². The molecule has 0 fully saturated rings. The van der Waals surface area contributed by atoms with E-state index in [9.17, 15) is 8.42 Å². The van der Waals surface area contributed by atoms with Gasteiger partial charge in [-0.15, -0.1) is 0 Å². The molecule has 0 bridgehead atoms. The van der Waals surface area contributed by atoms with Crippen LogP contribution in [0.4, 0.5) is 0 Å². The van der Waals surface area contributed by atoms with Gasteiger partial charge >= 0.3 is 0 Å². The van der Waals surface area contributed by atoms with E-state index in [-0.39, 0.29) is 9.79 Å². The van der Waals surface area contributed by atoms with Crippen molar-refractivity contribution in [3.63, 3.8) is 0 Å². The van der Waals surface area contributed by atoms with Crippen LogP contribution in [0.15, 0.2) is 313 Å². The van der Waals surface area contributed by atoms with E-state index in [1.54, 1.807) is 12.1 Å². The summed E-state index contributed by atoms with van der Waals surface area (Å²) in [5.41, 5.74) is 16.9. The third kappa shape index (κ3) is 7.36. The predicted octanol–water partition coefficient (Wildman–Crippen LogP) is 19.9. The molecule has 0 spiro atoms. The fourth-order valence-corrected chi connectivity index (χ4v) is 16.5. The number of rotatable bonds is 8. The number of aromatic nitrogens is 8. The van der Waals surface area contributed by atoms with Gasteiger partial charge in [0.05, 0.1) is 76.0 Å². The van der Waals surface area contributed by atoms with Crippen LogP contribution in [-0.4, -0.2) is 45.8 Å². The van der Waals surface area contributed by atoms with Gasteiger partial charge in [-0.05, 0) is 146 Å². The molecule has 0 unspecified atom stereocenters. The fourth-order valence-electron chi connectivity index (χ4n) is 15.3. The lowest BCUT2D eigenvalue weighted by Crippen LogP contribution is -2.06. The number of sulfone groups is 1. The van der Waals surface area contributed by atoms with Crippen LogP contribution < -0.4 is 0 Å². The molecule has 0 N–H and O–H groups in total. The first kappa shape index (κ1) is 51.6. The maximum Gasteiger partial charge on any atom is 0.209 e. The van der Waals surface area contributed by atoms with Gasteiger partial charge in [0.25, 0.3) is 0 Å². The van der Waals surface area contributed by atoms with Crippen LogP contribution in [0.5, 0.6) is 0 Å². The van der Waals surface area contributed by atoms with Crippen molar-refractivity contribution >= 4 is 141 Å². The zero-order valence-electron chi connectivity index (χ0n) is 49.7. The Morgan fingerprint density at radius 1 is 0.204 bits per heavy atom. The molecule has 0 radical (unpaired) electrons. The Kier molecular flexibility index (Phi) is 10.7. The molecule has 0 saturated heterocycles. The number of nitrogens with zero attached hydrogens (tertiary/aromatic N) is 8. The van der Waals surface area contributed by atoms with Gasteiger partial charge in [-0.25, -0.2) is 18.4 Å². The molecule has 436 valence electrons. The van der Waals surface area contributed by atoms with Crippen LogP contribution in [0.25, 0.3) is 165 Å². The third-order valence-corrected chi connectivity index (χ3v) is 21.1. The van der Waals surface area contributed by atoms with Gasteiger partial charge in [0.2, 0.25) is 9.84 Å². The molecule has 93 heavy (non-hydrogen) atoms. The van der Waals surface area contributed by atoms with Crippen molar-refractivity contribution in [2.24, 2.45) is 0 Å². The fraction of sp³-hybridized carbons (Fsp3) is 0. The summed E-state index contributed by atoms with van der Waals surface area (Å²) in [4.78, 5) is 10.2. The summed E-state index contributed by atoms with van der Waals surface area (Å²) in [5, 5.41) is 13.7. The van der Waals surface area contributed by atoms with E-state index in [4.69, 9.17) is 9.97 Å². The lowest BCUT2D eigenvalue weighted by Gasteiger charge is -2.12. The van der Waals surface area contributed by atoms with Crippen molar-refractivity contribution in [1.82, 2.24) is 37.4 Å². The minimum absolute atomic E-state index is 0.0657. The molecule has 0 aliphatic rings. The topological polar surface area (TPSA) is 89.5 Å². The first-order valence-corrected chi connectivity index (χ1v) is 32.7. The quantitative estimate of drug-likeness (QED) is 0.152. The Hall–Kier alpha value is -12.3. The lowest BCUT2D eigenvalue weighted by molar-refractivity contribution is 0.595. The molecule has 10 nitrogen and oxygen atoms in total. The molecule has 0 aliphatic heterocycles. The van der Waals surface area contributed by atoms with E-state index < -0.39 is 9.84 Å². The van der Waals surface area contributed by atoms with Gasteiger partial charge in [-0.1, -0.05) is 146 Å². The molecule has 0 amide bonds. The molecule has 0 aliphatic carbocycles. The molecule has 20 rings (SSSR count). The monoisotopic (exact) mass is 1210 g/mol. The average molecular weight is 1210 g/mol. The molecular formula is C82H50N8O2S. The van der Waals surface area contributed by atoms with E-state index in [1.807, 2.05) is 12.1 Å². The van der Waals surface area contributed by atoms with Crippen molar-refractivity contribution in [2.75, 3.05) is 0 Å². The standard InChI is InChI=1S/C82H50N8O2S/c91-93(92,55-37-43-81(83-49-55)89-77-39-33-51(85-69-25-9-1-17-57(69)58-18-2-10-26-70(58)85)45-65(77)66-46-52(34-40-78(66)89)86-71-27-11-3-19-59(71)60-20-4-12-28-72(60)86)56-38-44-82(84-50-56)90-79-41-35-53(87-73-29-13-5-21-61(73)62-22-6-14-30-74(62)87)47-67(79)68-48-54(36-42-80(68)90)88-75-31-15-7-23-63(75)64-24-8-16-32-76(64)88/h1-50H. The number of para-hydroxylation sites is 8. The highest BCUT2D eigenvalue weighted by atomic mass is 32.2. The van der Waals surface area contributed by atoms with E-state index >= 15 is 0 Å². The van der Waals surface area contributed by atoms with Crippen molar-refractivity contribution in [3.8, 4) is 34.4 Å². The van der Waals surface area contributed by atoms with E-state index in [0.717, 1.165) is 110 Å². The summed E-state index contributed by atoms with van der Waals surface area (Å²) in [7, 11) is -4.10. The van der Waals surface area contributed by atoms with Crippen LogP contribution >= 0.6 is 0 Å². The Morgan fingerprint density at radius 3 is 0.613 bits per heavy atom. The molecular weight excluding hydrogens is 1160 g/mol. The zero-order valence-corrected chi connectivity index (χ0v) is 50.5. The molecule has 8 heterocycles. The number of fused-ring (bicyclic) bond motifs is 18. The van der Waals surface area contributed by atoms with Gasteiger partial charge < -0.3 is 18.3 Å². The van der Waals surface area contributed by atoms with Crippen molar-refractivity contribution in [2.45, 2.75) is 9.79 Å². The second kappa shape index (κ2) is 19.4. The van der Waals surface area contributed by atoms with Crippen LogP contribution in [0.1, 0.15) is 0 Å². The van der Waals surface area contributed by atoms with Gasteiger partial charge in [-0.2, -0.15) is 0 Å². The molecule has 0 atom stereocenters. The van der Waals surface area contributed by atoms with Crippen LogP contribution in [0, 0.1) is 0 Å². The van der Waals surface area contributed by atoms with Gasteiger partial charge in [0, 0.05) is 99.8 Å². The summed E-state index contributed by atoms with van der Waals surface area (Å²) in [6.45, 7) is 0. The Labute approximate surface area is 531 Å². The molecule has 8 aromatic heterocycles. The highest BCUT2D eigenvalue weighted by molar-refractivity contribution is 7.91. The summed E-state index contributed by atoms with van der Waals surface area (Å²) in [6, 6.07) is 102. The summed E-state index contributed by atoms with van der Waals surface area (Å²) >= 11 is 0. The second-order valence-corrected chi connectivity index (χ2v) is 26.1. The van der Waals surface area contributed by atoms with E-state index in [1.165, 1.54) is 55.5 Å². The molecule has 0 saturated carbocycles. The first-order chi connectivity index (χ1) is 45.9. The van der Waals surface area contributed by atoms with Gasteiger partial charge in [0.1, 0.15) is 11.6 Å². The van der Waals surface area contributed by atoms with Crippen molar-refractivity contribution in [3.05, 3.63) is 304 Å². The summed E-state index contributed by atoms with van der Waals surface area (Å²) in [5.74, 6) is 1.18. The van der Waals surface area contributed by atoms with Gasteiger partial charge in [0.15, 0.2) is 0 Å². The summed E-state index contributed by atoms with van der Waals surface area (Å²) < 4.78 is 43.5. The predicted molar refractivity (Wildman–Crippen MR) is 380 cm³/mol. The average Bonchev–Trinajstić information content (AvgIpc) is 1.58. The van der Waals surface area contributed by atoms with Gasteiger partial charge in [-0.3, -0.25) is 9.13 Å². The number of hydrogen-bond donors (Lipinski definition) is 0. The zero-order chi connectivity index (χ0) is 61.2. The SMILES string of the molecule is O=S(=O)(c1ccc(-n2c3ccc(-n4c5ccccc5c5ccccc54)cc3c3cc(-n4c5ccccc5c5ccccc54)ccc32)nc1)c1ccc(-n2c3ccc(-n4c5ccccc5c5ccccc54)cc3c3cc(-n4c5ccccc5c5ccccc54)ccc32)nc1. The Balaban J connectivity index is 0.708. The maximum atomic E-state index is 14.9. The second-order valence-electron chi connectivity index (χ2n) is 24.2. The molecule has 12 aromatic carbocycles. The van der Waals surface area contributed by atoms with E-state index in [0.29, 0.717) is 11.6 Å². The smallest absolute Gasteiger partial charge is 0.209 e. The highest BCUT2D eigenvalue weighted by Crippen LogP contribution is 2.43. The van der Waals surface area contributed by atoms with Crippen LogP contribution in [0.2, 0.25) is 0 Å². The minimum atomic E-state index is -4.10. The largest absolute Gasteiger partial charge is 0.309 e. The normalized spacial score (nSPS) is 12.4. The number of benzene rings is 12. The number of hydrogen-bond acceptors (Lipinski definition) is 4. The Morgan fingerprint density at radius 2 is 0.409 bits per heavy atom. The minimum Gasteiger partial charge on any atom is -0.309 e. The van der Waals surface area contributed by atoms with Crippen molar-refractivity contribution < 1.29 is 8.42 Å². The first-order valence-electron chi connectivity index (χ1n) is 31.2. The third-order valence-electron chi connectivity index (χ3n) is 19.3. The van der Waals surface area contributed by atoms with Crippen molar-refractivity contribution in [1.29, 1.82) is 0 Å². The highest BCUT2D eigenvalue weighted by Gasteiger charge is 2.25. The molecule has 20 aromatic rings. The van der Waals surface area contributed by atoms with Crippen LogP contribution in [0.3, 0.4) is 0 Å².